The Balaban J connectivity index is 1.85. The predicted molar refractivity (Wildman–Crippen MR) is 96.4 cm³/mol. The molecule has 1 aliphatic heterocycles. The lowest BCUT2D eigenvalue weighted by atomic mass is 10.0. The Morgan fingerprint density at radius 1 is 1.16 bits per heavy atom. The van der Waals surface area contributed by atoms with Crippen molar-refractivity contribution in [3.8, 4) is 0 Å². The third-order valence-electron chi connectivity index (χ3n) is 4.03. The fourth-order valence-corrected chi connectivity index (χ4v) is 4.41. The van der Waals surface area contributed by atoms with Gasteiger partial charge < -0.3 is 4.74 Å². The van der Waals surface area contributed by atoms with E-state index in [9.17, 15) is 13.2 Å². The van der Waals surface area contributed by atoms with Gasteiger partial charge in [0.2, 0.25) is 0 Å². The molecule has 0 fully saturated rings. The third kappa shape index (κ3) is 3.61. The number of hydrogen-bond donors (Lipinski definition) is 1. The number of hydrogen-bond acceptors (Lipinski definition) is 4. The first-order valence-corrected chi connectivity index (χ1v) is 9.61. The molecule has 0 unspecified atom stereocenters. The van der Waals surface area contributed by atoms with E-state index in [0.717, 1.165) is 24.1 Å². The normalized spacial score (nSPS) is 13.9. The Morgan fingerprint density at radius 2 is 1.88 bits per heavy atom. The van der Waals surface area contributed by atoms with Crippen LogP contribution >= 0.6 is 0 Å². The van der Waals surface area contributed by atoms with Crippen molar-refractivity contribution in [1.82, 2.24) is 0 Å². The van der Waals surface area contributed by atoms with Crippen molar-refractivity contribution in [2.75, 3.05) is 22.8 Å². The molecule has 1 amide bonds. The monoisotopic (exact) mass is 360 g/mol. The first-order chi connectivity index (χ1) is 12.0. The van der Waals surface area contributed by atoms with Gasteiger partial charge in [-0.15, -0.1) is 0 Å². The summed E-state index contributed by atoms with van der Waals surface area (Å²) in [5, 5.41) is 2.55. The van der Waals surface area contributed by atoms with E-state index in [0.29, 0.717) is 12.2 Å². The first kappa shape index (κ1) is 17.3. The molecule has 7 heteroatoms. The van der Waals surface area contributed by atoms with Crippen LogP contribution in [0.25, 0.3) is 0 Å². The molecule has 1 N–H and O–H groups in total. The van der Waals surface area contributed by atoms with E-state index in [1.54, 1.807) is 19.1 Å². The standard InChI is InChI=1S/C18H20N2O4S/c1-2-24-18(21)19-15-9-11-16(12-10-15)25(22,23)20-13-5-7-14-6-3-4-8-17(14)20/h3-4,6,8-12H,2,5,7,13H2,1H3,(H,19,21). The van der Waals surface area contributed by atoms with Gasteiger partial charge in [-0.3, -0.25) is 9.62 Å². The fraction of sp³-hybridized carbons (Fsp3) is 0.278. The van der Waals surface area contributed by atoms with E-state index in [1.807, 2.05) is 24.3 Å². The summed E-state index contributed by atoms with van der Waals surface area (Å²) < 4.78 is 32.3. The molecule has 1 aliphatic rings. The van der Waals surface area contributed by atoms with E-state index in [2.05, 4.69) is 5.32 Å². The molecular formula is C18H20N2O4S. The molecule has 3 rings (SSSR count). The molecule has 0 saturated carbocycles. The number of sulfonamides is 1. The van der Waals surface area contributed by atoms with Crippen molar-refractivity contribution in [3.05, 3.63) is 54.1 Å². The van der Waals surface area contributed by atoms with E-state index in [-0.39, 0.29) is 11.5 Å². The number of carbonyl (C=O) groups excluding carboxylic acids is 1. The van der Waals surface area contributed by atoms with Crippen molar-refractivity contribution in [3.63, 3.8) is 0 Å². The van der Waals surface area contributed by atoms with Crippen molar-refractivity contribution in [2.24, 2.45) is 0 Å². The molecule has 25 heavy (non-hydrogen) atoms. The minimum Gasteiger partial charge on any atom is -0.450 e. The molecule has 0 radical (unpaired) electrons. The van der Waals surface area contributed by atoms with Crippen LogP contribution in [-0.4, -0.2) is 27.7 Å². The van der Waals surface area contributed by atoms with Crippen LogP contribution in [0.15, 0.2) is 53.4 Å². The smallest absolute Gasteiger partial charge is 0.411 e. The number of benzene rings is 2. The van der Waals surface area contributed by atoms with E-state index in [1.165, 1.54) is 16.4 Å². The predicted octanol–water partition coefficient (Wildman–Crippen LogP) is 3.40. The summed E-state index contributed by atoms with van der Waals surface area (Å²) in [4.78, 5) is 11.6. The zero-order valence-corrected chi connectivity index (χ0v) is 14.8. The highest BCUT2D eigenvalue weighted by Crippen LogP contribution is 2.32. The van der Waals surface area contributed by atoms with Crippen molar-refractivity contribution < 1.29 is 17.9 Å². The molecule has 0 bridgehead atoms. The maximum atomic E-state index is 13.0. The second-order valence-electron chi connectivity index (χ2n) is 5.68. The van der Waals surface area contributed by atoms with Crippen LogP contribution in [0, 0.1) is 0 Å². The molecule has 2 aromatic carbocycles. The summed E-state index contributed by atoms with van der Waals surface area (Å²) in [6, 6.07) is 13.7. The van der Waals surface area contributed by atoms with Gasteiger partial charge in [0.1, 0.15) is 0 Å². The van der Waals surface area contributed by atoms with Crippen LogP contribution in [0.2, 0.25) is 0 Å². The summed E-state index contributed by atoms with van der Waals surface area (Å²) >= 11 is 0. The summed E-state index contributed by atoms with van der Waals surface area (Å²) in [7, 11) is -3.64. The maximum Gasteiger partial charge on any atom is 0.411 e. The molecule has 0 aliphatic carbocycles. The number of aryl methyl sites for hydroxylation is 1. The van der Waals surface area contributed by atoms with Crippen LogP contribution < -0.4 is 9.62 Å². The summed E-state index contributed by atoms with van der Waals surface area (Å²) in [5.41, 5.74) is 2.26. The van der Waals surface area contributed by atoms with Gasteiger partial charge >= 0.3 is 6.09 Å². The third-order valence-corrected chi connectivity index (χ3v) is 5.86. The van der Waals surface area contributed by atoms with Gasteiger partial charge in [0.05, 0.1) is 17.2 Å². The molecule has 132 valence electrons. The second-order valence-corrected chi connectivity index (χ2v) is 7.54. The first-order valence-electron chi connectivity index (χ1n) is 8.17. The Hall–Kier alpha value is -2.54. The largest absolute Gasteiger partial charge is 0.450 e. The molecule has 0 aromatic heterocycles. The van der Waals surface area contributed by atoms with Crippen molar-refractivity contribution in [1.29, 1.82) is 0 Å². The average molecular weight is 360 g/mol. The van der Waals surface area contributed by atoms with Crippen molar-refractivity contribution in [2.45, 2.75) is 24.7 Å². The zero-order valence-electron chi connectivity index (χ0n) is 13.9. The van der Waals surface area contributed by atoms with Gasteiger partial charge in [0.15, 0.2) is 0 Å². The molecule has 1 heterocycles. The highest BCUT2D eigenvalue weighted by atomic mass is 32.2. The lowest BCUT2D eigenvalue weighted by Crippen LogP contribution is -2.35. The molecule has 0 spiro atoms. The Bertz CT molecular complexity index is 863. The number of carbonyl (C=O) groups is 1. The topological polar surface area (TPSA) is 75.7 Å². The molecule has 0 saturated heterocycles. The van der Waals surface area contributed by atoms with Crippen LogP contribution in [0.5, 0.6) is 0 Å². The van der Waals surface area contributed by atoms with Gasteiger partial charge in [-0.05, 0) is 55.7 Å². The van der Waals surface area contributed by atoms with Crippen LogP contribution in [0.4, 0.5) is 16.2 Å². The molecule has 2 aromatic rings. The molecule has 6 nitrogen and oxygen atoms in total. The number of rotatable bonds is 4. The quantitative estimate of drug-likeness (QED) is 0.907. The highest BCUT2D eigenvalue weighted by Gasteiger charge is 2.28. The van der Waals surface area contributed by atoms with Gasteiger partial charge in [-0.2, -0.15) is 0 Å². The Morgan fingerprint density at radius 3 is 2.60 bits per heavy atom. The highest BCUT2D eigenvalue weighted by molar-refractivity contribution is 7.92. The van der Waals surface area contributed by atoms with E-state index in [4.69, 9.17) is 4.74 Å². The van der Waals surface area contributed by atoms with Crippen LogP contribution in [-0.2, 0) is 21.2 Å². The fourth-order valence-electron chi connectivity index (χ4n) is 2.87. The number of anilines is 2. The SMILES string of the molecule is CCOC(=O)Nc1ccc(S(=O)(=O)N2CCCc3ccccc32)cc1. The summed E-state index contributed by atoms with van der Waals surface area (Å²) in [6.45, 7) is 2.44. The zero-order chi connectivity index (χ0) is 17.9. The lowest BCUT2D eigenvalue weighted by Gasteiger charge is -2.30. The number of nitrogens with one attached hydrogen (secondary N) is 1. The van der Waals surface area contributed by atoms with Gasteiger partial charge in [-0.25, -0.2) is 13.2 Å². The number of para-hydroxylation sites is 1. The lowest BCUT2D eigenvalue weighted by molar-refractivity contribution is 0.168. The number of ether oxygens (including phenoxy) is 1. The van der Waals surface area contributed by atoms with Crippen molar-refractivity contribution >= 4 is 27.5 Å². The molecular weight excluding hydrogens is 340 g/mol. The van der Waals surface area contributed by atoms with Crippen LogP contribution in [0.3, 0.4) is 0 Å². The van der Waals surface area contributed by atoms with Gasteiger partial charge in [0, 0.05) is 12.2 Å². The number of fused-ring (bicyclic) bond motifs is 1. The second kappa shape index (κ2) is 7.14. The number of nitrogens with zero attached hydrogens (tertiary/aromatic N) is 1. The van der Waals surface area contributed by atoms with E-state index < -0.39 is 16.1 Å². The Labute approximate surface area is 147 Å². The van der Waals surface area contributed by atoms with Gasteiger partial charge in [-0.1, -0.05) is 18.2 Å². The summed E-state index contributed by atoms with van der Waals surface area (Å²) in [5.74, 6) is 0. The summed E-state index contributed by atoms with van der Waals surface area (Å²) in [6.07, 6.45) is 1.10. The minimum atomic E-state index is -3.64. The van der Waals surface area contributed by atoms with Crippen LogP contribution in [0.1, 0.15) is 18.9 Å². The minimum absolute atomic E-state index is 0.193. The Kier molecular flexibility index (Phi) is 4.94. The van der Waals surface area contributed by atoms with E-state index >= 15 is 0 Å². The van der Waals surface area contributed by atoms with Gasteiger partial charge in [0.25, 0.3) is 10.0 Å². The molecule has 0 atom stereocenters. The maximum absolute atomic E-state index is 13.0. The average Bonchev–Trinajstić information content (AvgIpc) is 2.62. The number of amides is 1.